The van der Waals surface area contributed by atoms with E-state index in [9.17, 15) is 4.79 Å². The van der Waals surface area contributed by atoms with Crippen LogP contribution in [0, 0.1) is 5.92 Å². The molecule has 15 heavy (non-hydrogen) atoms. The van der Waals surface area contributed by atoms with Crippen LogP contribution in [0.15, 0.2) is 18.5 Å². The van der Waals surface area contributed by atoms with Crippen molar-refractivity contribution in [3.05, 3.63) is 29.6 Å². The smallest absolute Gasteiger partial charge is 0.339 e. The van der Waals surface area contributed by atoms with Crippen molar-refractivity contribution in [2.75, 3.05) is 6.61 Å². The normalized spacial score (nSPS) is 10.4. The van der Waals surface area contributed by atoms with Gasteiger partial charge in [0.25, 0.3) is 0 Å². The van der Waals surface area contributed by atoms with E-state index in [1.807, 2.05) is 6.07 Å². The summed E-state index contributed by atoms with van der Waals surface area (Å²) in [6.07, 6.45) is 4.27. The SMILES string of the molecule is CCOC(=O)c1cncc(CC(C)C)c1. The topological polar surface area (TPSA) is 39.2 Å². The Hall–Kier alpha value is -1.38. The maximum absolute atomic E-state index is 11.4. The highest BCUT2D eigenvalue weighted by Gasteiger charge is 2.08. The summed E-state index contributed by atoms with van der Waals surface area (Å²) in [5.74, 6) is 0.264. The van der Waals surface area contributed by atoms with Crippen molar-refractivity contribution in [3.63, 3.8) is 0 Å². The Labute approximate surface area is 90.5 Å². The van der Waals surface area contributed by atoms with E-state index in [1.165, 1.54) is 0 Å². The standard InChI is InChI=1S/C12H17NO2/c1-4-15-12(14)11-6-10(5-9(2)3)7-13-8-11/h6-9H,4-5H2,1-3H3. The van der Waals surface area contributed by atoms with Crippen LogP contribution in [0.25, 0.3) is 0 Å². The highest BCUT2D eigenvalue weighted by atomic mass is 16.5. The van der Waals surface area contributed by atoms with Gasteiger partial charge in [0.2, 0.25) is 0 Å². The van der Waals surface area contributed by atoms with Crippen LogP contribution in [-0.4, -0.2) is 17.6 Å². The minimum atomic E-state index is -0.296. The average molecular weight is 207 g/mol. The first-order chi connectivity index (χ1) is 7.13. The van der Waals surface area contributed by atoms with Crippen LogP contribution in [-0.2, 0) is 11.2 Å². The number of nitrogens with zero attached hydrogens (tertiary/aromatic N) is 1. The molecule has 1 heterocycles. The third kappa shape index (κ3) is 3.70. The van der Waals surface area contributed by atoms with Gasteiger partial charge in [0.05, 0.1) is 12.2 Å². The summed E-state index contributed by atoms with van der Waals surface area (Å²) in [6, 6.07) is 1.85. The maximum atomic E-state index is 11.4. The van der Waals surface area contributed by atoms with E-state index in [0.29, 0.717) is 18.1 Å². The molecule has 0 aliphatic heterocycles. The van der Waals surface area contributed by atoms with Crippen LogP contribution >= 0.6 is 0 Å². The number of hydrogen-bond donors (Lipinski definition) is 0. The van der Waals surface area contributed by atoms with Gasteiger partial charge in [-0.3, -0.25) is 4.98 Å². The fraction of sp³-hybridized carbons (Fsp3) is 0.500. The third-order valence-corrected chi connectivity index (χ3v) is 1.95. The molecule has 0 atom stereocenters. The van der Waals surface area contributed by atoms with E-state index < -0.39 is 0 Å². The van der Waals surface area contributed by atoms with Gasteiger partial charge in [-0.25, -0.2) is 4.79 Å². The largest absolute Gasteiger partial charge is 0.462 e. The summed E-state index contributed by atoms with van der Waals surface area (Å²) in [5.41, 5.74) is 1.62. The van der Waals surface area contributed by atoms with Gasteiger partial charge < -0.3 is 4.74 Å². The molecule has 0 bridgehead atoms. The Morgan fingerprint density at radius 3 is 2.80 bits per heavy atom. The van der Waals surface area contributed by atoms with E-state index in [0.717, 1.165) is 12.0 Å². The predicted molar refractivity (Wildman–Crippen MR) is 58.7 cm³/mol. The molecule has 0 spiro atoms. The molecule has 0 fully saturated rings. The zero-order valence-electron chi connectivity index (χ0n) is 9.49. The van der Waals surface area contributed by atoms with Gasteiger partial charge in [0.15, 0.2) is 0 Å². The summed E-state index contributed by atoms with van der Waals surface area (Å²) in [5, 5.41) is 0. The lowest BCUT2D eigenvalue weighted by Gasteiger charge is -2.06. The monoisotopic (exact) mass is 207 g/mol. The minimum Gasteiger partial charge on any atom is -0.462 e. The average Bonchev–Trinajstić information content (AvgIpc) is 2.17. The fourth-order valence-corrected chi connectivity index (χ4v) is 1.40. The van der Waals surface area contributed by atoms with Gasteiger partial charge in [0.1, 0.15) is 0 Å². The van der Waals surface area contributed by atoms with E-state index in [1.54, 1.807) is 19.3 Å². The molecule has 3 heteroatoms. The second-order valence-corrected chi connectivity index (χ2v) is 3.90. The first-order valence-electron chi connectivity index (χ1n) is 5.24. The molecule has 0 saturated carbocycles. The second-order valence-electron chi connectivity index (χ2n) is 3.90. The molecule has 1 aromatic rings. The Bertz CT molecular complexity index is 334. The predicted octanol–water partition coefficient (Wildman–Crippen LogP) is 2.46. The van der Waals surface area contributed by atoms with Crippen molar-refractivity contribution in [1.82, 2.24) is 4.98 Å². The summed E-state index contributed by atoms with van der Waals surface area (Å²) < 4.78 is 4.91. The van der Waals surface area contributed by atoms with Crippen molar-refractivity contribution in [2.45, 2.75) is 27.2 Å². The van der Waals surface area contributed by atoms with Crippen molar-refractivity contribution in [2.24, 2.45) is 5.92 Å². The summed E-state index contributed by atoms with van der Waals surface area (Å²) >= 11 is 0. The van der Waals surface area contributed by atoms with Gasteiger partial charge in [-0.2, -0.15) is 0 Å². The van der Waals surface area contributed by atoms with Crippen molar-refractivity contribution in [1.29, 1.82) is 0 Å². The van der Waals surface area contributed by atoms with Crippen molar-refractivity contribution in [3.8, 4) is 0 Å². The van der Waals surface area contributed by atoms with E-state index >= 15 is 0 Å². The minimum absolute atomic E-state index is 0.296. The molecule has 0 aliphatic rings. The van der Waals surface area contributed by atoms with Gasteiger partial charge in [-0.15, -0.1) is 0 Å². The lowest BCUT2D eigenvalue weighted by Crippen LogP contribution is -2.06. The molecule has 0 radical (unpaired) electrons. The number of aromatic nitrogens is 1. The molecule has 0 amide bonds. The summed E-state index contributed by atoms with van der Waals surface area (Å²) in [4.78, 5) is 15.5. The first kappa shape index (κ1) is 11.7. The summed E-state index contributed by atoms with van der Waals surface area (Å²) in [7, 11) is 0. The zero-order chi connectivity index (χ0) is 11.3. The number of carbonyl (C=O) groups excluding carboxylic acids is 1. The number of carbonyl (C=O) groups is 1. The number of ether oxygens (including phenoxy) is 1. The second kappa shape index (κ2) is 5.49. The van der Waals surface area contributed by atoms with Gasteiger partial charge >= 0.3 is 5.97 Å². The Balaban J connectivity index is 2.78. The molecule has 0 unspecified atom stereocenters. The summed E-state index contributed by atoms with van der Waals surface area (Å²) in [6.45, 7) is 6.46. The molecule has 3 nitrogen and oxygen atoms in total. The van der Waals surface area contributed by atoms with Crippen molar-refractivity contribution < 1.29 is 9.53 Å². The Morgan fingerprint density at radius 2 is 2.20 bits per heavy atom. The molecular weight excluding hydrogens is 190 g/mol. The highest BCUT2D eigenvalue weighted by Crippen LogP contribution is 2.09. The number of hydrogen-bond acceptors (Lipinski definition) is 3. The number of pyridine rings is 1. The zero-order valence-corrected chi connectivity index (χ0v) is 9.49. The van der Waals surface area contributed by atoms with E-state index in [4.69, 9.17) is 4.74 Å². The Kier molecular flexibility index (Phi) is 4.28. The molecular formula is C12H17NO2. The third-order valence-electron chi connectivity index (χ3n) is 1.95. The molecule has 1 rings (SSSR count). The highest BCUT2D eigenvalue weighted by molar-refractivity contribution is 5.89. The van der Waals surface area contributed by atoms with Crippen molar-refractivity contribution >= 4 is 5.97 Å². The van der Waals surface area contributed by atoms with E-state index in [2.05, 4.69) is 18.8 Å². The first-order valence-corrected chi connectivity index (χ1v) is 5.24. The van der Waals surface area contributed by atoms with Gasteiger partial charge in [0, 0.05) is 12.4 Å². The van der Waals surface area contributed by atoms with Crippen LogP contribution in [0.4, 0.5) is 0 Å². The lowest BCUT2D eigenvalue weighted by molar-refractivity contribution is 0.0525. The van der Waals surface area contributed by atoms with Crippen LogP contribution in [0.1, 0.15) is 36.7 Å². The fourth-order valence-electron chi connectivity index (χ4n) is 1.40. The maximum Gasteiger partial charge on any atom is 0.339 e. The van der Waals surface area contributed by atoms with Crippen LogP contribution in [0.5, 0.6) is 0 Å². The van der Waals surface area contributed by atoms with Gasteiger partial charge in [-0.1, -0.05) is 13.8 Å². The number of rotatable bonds is 4. The Morgan fingerprint density at radius 1 is 1.47 bits per heavy atom. The molecule has 0 saturated heterocycles. The van der Waals surface area contributed by atoms with Crippen LogP contribution in [0.2, 0.25) is 0 Å². The molecule has 0 aliphatic carbocycles. The number of esters is 1. The molecule has 1 aromatic heterocycles. The van der Waals surface area contributed by atoms with Gasteiger partial charge in [-0.05, 0) is 30.9 Å². The lowest BCUT2D eigenvalue weighted by atomic mass is 10.0. The molecule has 0 N–H and O–H groups in total. The molecule has 82 valence electrons. The quantitative estimate of drug-likeness (QED) is 0.712. The van der Waals surface area contributed by atoms with Crippen LogP contribution in [0.3, 0.4) is 0 Å². The van der Waals surface area contributed by atoms with Crippen LogP contribution < -0.4 is 0 Å². The molecule has 0 aromatic carbocycles. The van der Waals surface area contributed by atoms with E-state index in [-0.39, 0.29) is 5.97 Å².